The fourth-order valence-electron chi connectivity index (χ4n) is 2.93. The summed E-state index contributed by atoms with van der Waals surface area (Å²) in [5, 5.41) is 4.52. The van der Waals surface area contributed by atoms with Crippen LogP contribution in [0.3, 0.4) is 0 Å². The summed E-state index contributed by atoms with van der Waals surface area (Å²) in [5.74, 6) is 1.33. The quantitative estimate of drug-likeness (QED) is 0.283. The highest BCUT2D eigenvalue weighted by molar-refractivity contribution is 6.32. The molecule has 3 aromatic carbocycles. The first-order chi connectivity index (χ1) is 16.1. The first kappa shape index (κ1) is 24.1. The molecule has 0 radical (unpaired) electrons. The van der Waals surface area contributed by atoms with Gasteiger partial charge in [0.05, 0.1) is 24.5 Å². The minimum atomic E-state index is -0.365. The van der Waals surface area contributed by atoms with Gasteiger partial charge in [-0.1, -0.05) is 48.9 Å². The topological polar surface area (TPSA) is 69.2 Å². The van der Waals surface area contributed by atoms with Crippen molar-refractivity contribution in [3.8, 4) is 17.2 Å². The Bertz CT molecular complexity index is 1090. The highest BCUT2D eigenvalue weighted by Crippen LogP contribution is 2.29. The molecule has 1 amide bonds. The van der Waals surface area contributed by atoms with Gasteiger partial charge in [-0.05, 0) is 60.9 Å². The lowest BCUT2D eigenvalue weighted by Crippen LogP contribution is -2.17. The summed E-state index contributed by atoms with van der Waals surface area (Å²) in [5.41, 5.74) is 4.71. The molecule has 0 bridgehead atoms. The molecule has 0 aliphatic heterocycles. The van der Waals surface area contributed by atoms with Gasteiger partial charge in [0.1, 0.15) is 12.4 Å². The molecule has 0 spiro atoms. The first-order valence-electron chi connectivity index (χ1n) is 10.8. The molecule has 0 aliphatic rings. The van der Waals surface area contributed by atoms with E-state index in [9.17, 15) is 4.79 Å². The minimum Gasteiger partial charge on any atom is -0.492 e. The molecule has 7 heteroatoms. The Morgan fingerprint density at radius 2 is 1.73 bits per heavy atom. The van der Waals surface area contributed by atoms with Gasteiger partial charge in [-0.3, -0.25) is 4.79 Å². The van der Waals surface area contributed by atoms with Gasteiger partial charge in [0, 0.05) is 5.56 Å². The number of nitrogens with zero attached hydrogens (tertiary/aromatic N) is 1. The summed E-state index contributed by atoms with van der Waals surface area (Å²) in [6.45, 7) is 5.36. The standard InChI is InChI=1S/C26H27ClN2O4/c1-3-14-32-23-12-10-20(15-22(23)27)17-28-29-26(30)21-11-13-24(25(16-21)31-4-2)33-18-19-8-6-5-7-9-19/h5-13,15-17H,3-4,14,18H2,1-2H3,(H,29,30)/b28-17+. The molecule has 3 rings (SSSR count). The number of amides is 1. The Kier molecular flexibility index (Phi) is 9.15. The summed E-state index contributed by atoms with van der Waals surface area (Å²) in [7, 11) is 0. The number of rotatable bonds is 11. The molecule has 0 aromatic heterocycles. The van der Waals surface area contributed by atoms with Crippen LogP contribution in [0.1, 0.15) is 41.8 Å². The molecular formula is C26H27ClN2O4. The number of hydrogen-bond acceptors (Lipinski definition) is 5. The average molecular weight is 467 g/mol. The Labute approximate surface area is 199 Å². The van der Waals surface area contributed by atoms with Crippen LogP contribution < -0.4 is 19.6 Å². The zero-order valence-electron chi connectivity index (χ0n) is 18.7. The van der Waals surface area contributed by atoms with Crippen LogP contribution >= 0.6 is 11.6 Å². The largest absolute Gasteiger partial charge is 0.492 e. The van der Waals surface area contributed by atoms with Gasteiger partial charge >= 0.3 is 0 Å². The van der Waals surface area contributed by atoms with E-state index < -0.39 is 0 Å². The maximum absolute atomic E-state index is 12.6. The molecule has 0 aliphatic carbocycles. The Morgan fingerprint density at radius 3 is 2.45 bits per heavy atom. The van der Waals surface area contributed by atoms with E-state index in [2.05, 4.69) is 10.5 Å². The molecule has 0 saturated heterocycles. The predicted octanol–water partition coefficient (Wildman–Crippen LogP) is 5.87. The number of carbonyl (C=O) groups is 1. The van der Waals surface area contributed by atoms with Gasteiger partial charge in [0.25, 0.3) is 5.91 Å². The van der Waals surface area contributed by atoms with Crippen LogP contribution in [0.5, 0.6) is 17.2 Å². The van der Waals surface area contributed by atoms with Crippen molar-refractivity contribution >= 4 is 23.7 Å². The first-order valence-corrected chi connectivity index (χ1v) is 11.2. The summed E-state index contributed by atoms with van der Waals surface area (Å²) >= 11 is 6.23. The van der Waals surface area contributed by atoms with Crippen LogP contribution in [-0.4, -0.2) is 25.3 Å². The van der Waals surface area contributed by atoms with Crippen molar-refractivity contribution in [1.29, 1.82) is 0 Å². The van der Waals surface area contributed by atoms with Gasteiger partial charge in [-0.2, -0.15) is 5.10 Å². The number of hydrazone groups is 1. The molecule has 172 valence electrons. The number of halogens is 1. The van der Waals surface area contributed by atoms with E-state index in [1.807, 2.05) is 50.2 Å². The van der Waals surface area contributed by atoms with Crippen molar-refractivity contribution in [2.75, 3.05) is 13.2 Å². The summed E-state index contributed by atoms with van der Waals surface area (Å²) in [4.78, 5) is 12.6. The van der Waals surface area contributed by atoms with Crippen LogP contribution in [0.25, 0.3) is 0 Å². The van der Waals surface area contributed by atoms with E-state index in [4.69, 9.17) is 25.8 Å². The summed E-state index contributed by atoms with van der Waals surface area (Å²) < 4.78 is 17.1. The Hall–Kier alpha value is -3.51. The lowest BCUT2D eigenvalue weighted by molar-refractivity contribution is 0.0954. The normalized spacial score (nSPS) is 10.8. The highest BCUT2D eigenvalue weighted by Gasteiger charge is 2.12. The van der Waals surface area contributed by atoms with Crippen molar-refractivity contribution in [2.45, 2.75) is 26.9 Å². The summed E-state index contributed by atoms with van der Waals surface area (Å²) in [6, 6.07) is 20.2. The van der Waals surface area contributed by atoms with E-state index >= 15 is 0 Å². The van der Waals surface area contributed by atoms with E-state index in [-0.39, 0.29) is 5.91 Å². The van der Waals surface area contributed by atoms with Gasteiger partial charge in [-0.15, -0.1) is 0 Å². The van der Waals surface area contributed by atoms with Crippen LogP contribution in [0, 0.1) is 0 Å². The number of benzene rings is 3. The summed E-state index contributed by atoms with van der Waals surface area (Å²) in [6.07, 6.45) is 2.42. The van der Waals surface area contributed by atoms with E-state index in [0.717, 1.165) is 17.5 Å². The number of hydrogen-bond donors (Lipinski definition) is 1. The van der Waals surface area contributed by atoms with Crippen molar-refractivity contribution in [2.24, 2.45) is 5.10 Å². The van der Waals surface area contributed by atoms with Gasteiger partial charge in [-0.25, -0.2) is 5.43 Å². The second kappa shape index (κ2) is 12.5. The van der Waals surface area contributed by atoms with Crippen LogP contribution in [-0.2, 0) is 6.61 Å². The van der Waals surface area contributed by atoms with Gasteiger partial charge < -0.3 is 14.2 Å². The molecule has 6 nitrogen and oxygen atoms in total. The van der Waals surface area contributed by atoms with E-state index in [1.165, 1.54) is 6.21 Å². The minimum absolute atomic E-state index is 0.365. The molecule has 1 N–H and O–H groups in total. The molecule has 0 heterocycles. The Balaban J connectivity index is 1.63. The van der Waals surface area contributed by atoms with Gasteiger partial charge in [0.2, 0.25) is 0 Å². The zero-order chi connectivity index (χ0) is 23.5. The molecule has 0 atom stereocenters. The maximum Gasteiger partial charge on any atom is 0.271 e. The third-order valence-corrected chi connectivity index (χ3v) is 4.84. The molecule has 0 saturated carbocycles. The van der Waals surface area contributed by atoms with Crippen molar-refractivity contribution in [3.63, 3.8) is 0 Å². The molecule has 33 heavy (non-hydrogen) atoms. The van der Waals surface area contributed by atoms with Crippen molar-refractivity contribution in [1.82, 2.24) is 5.43 Å². The monoisotopic (exact) mass is 466 g/mol. The number of nitrogens with one attached hydrogen (secondary N) is 1. The average Bonchev–Trinajstić information content (AvgIpc) is 2.83. The molecule has 3 aromatic rings. The zero-order valence-corrected chi connectivity index (χ0v) is 19.5. The van der Waals surface area contributed by atoms with Gasteiger partial charge in [0.15, 0.2) is 11.5 Å². The van der Waals surface area contributed by atoms with Crippen molar-refractivity contribution < 1.29 is 19.0 Å². The SMILES string of the molecule is CCCOc1ccc(/C=N/NC(=O)c2ccc(OCc3ccccc3)c(OCC)c2)cc1Cl. The van der Waals surface area contributed by atoms with Crippen molar-refractivity contribution in [3.05, 3.63) is 88.4 Å². The Morgan fingerprint density at radius 1 is 0.939 bits per heavy atom. The van der Waals surface area contributed by atoms with Crippen LogP contribution in [0.15, 0.2) is 71.8 Å². The number of ether oxygens (including phenoxy) is 3. The number of carbonyl (C=O) groups excluding carboxylic acids is 1. The fourth-order valence-corrected chi connectivity index (χ4v) is 3.17. The molecule has 0 unspecified atom stereocenters. The third kappa shape index (κ3) is 7.26. The van der Waals surface area contributed by atoms with Crippen LogP contribution in [0.4, 0.5) is 0 Å². The lowest BCUT2D eigenvalue weighted by atomic mass is 10.2. The third-order valence-electron chi connectivity index (χ3n) is 4.54. The van der Waals surface area contributed by atoms with E-state index in [1.54, 1.807) is 30.3 Å². The smallest absolute Gasteiger partial charge is 0.271 e. The van der Waals surface area contributed by atoms with Crippen LogP contribution in [0.2, 0.25) is 5.02 Å². The second-order valence-corrected chi connectivity index (χ2v) is 7.51. The maximum atomic E-state index is 12.6. The highest BCUT2D eigenvalue weighted by atomic mass is 35.5. The lowest BCUT2D eigenvalue weighted by Gasteiger charge is -2.13. The second-order valence-electron chi connectivity index (χ2n) is 7.11. The fraction of sp³-hybridized carbons (Fsp3) is 0.231. The molecule has 0 fully saturated rings. The predicted molar refractivity (Wildman–Crippen MR) is 131 cm³/mol. The molecular weight excluding hydrogens is 440 g/mol. The van der Waals surface area contributed by atoms with E-state index in [0.29, 0.717) is 47.7 Å².